The number of nitrogens with one attached hydrogen (secondary N) is 2. The molecule has 1 aliphatic carbocycles. The molecule has 0 heterocycles. The van der Waals surface area contributed by atoms with E-state index in [1.807, 2.05) is 6.92 Å². The lowest BCUT2D eigenvalue weighted by Gasteiger charge is -2.28. The number of hydrogen-bond acceptors (Lipinski definition) is 3. The van der Waals surface area contributed by atoms with Crippen LogP contribution in [0, 0.1) is 16.0 Å². The van der Waals surface area contributed by atoms with Gasteiger partial charge in [-0.15, -0.1) is 24.0 Å². The molecule has 24 heavy (non-hydrogen) atoms. The molecule has 1 aliphatic rings. The molecule has 1 saturated carbocycles. The number of halogens is 1. The second kappa shape index (κ2) is 10.5. The molecule has 134 valence electrons. The highest BCUT2D eigenvalue weighted by atomic mass is 127. The van der Waals surface area contributed by atoms with E-state index in [0.717, 1.165) is 24.0 Å². The van der Waals surface area contributed by atoms with Gasteiger partial charge in [-0.1, -0.05) is 19.1 Å². The van der Waals surface area contributed by atoms with Crippen LogP contribution in [0.25, 0.3) is 0 Å². The Hall–Kier alpha value is -1.38. The first-order chi connectivity index (χ1) is 11.1. The first-order valence-electron chi connectivity index (χ1n) is 8.36. The average molecular weight is 446 g/mol. The minimum absolute atomic E-state index is 0. The summed E-state index contributed by atoms with van der Waals surface area (Å²) in [6.45, 7) is 5.68. The number of rotatable bonds is 5. The monoisotopic (exact) mass is 446 g/mol. The van der Waals surface area contributed by atoms with Crippen molar-refractivity contribution in [3.8, 4) is 0 Å². The maximum atomic E-state index is 10.7. The normalized spacial score (nSPS) is 20.8. The molecule has 1 fully saturated rings. The molecule has 6 nitrogen and oxygen atoms in total. The highest BCUT2D eigenvalue weighted by Gasteiger charge is 2.18. The fourth-order valence-electron chi connectivity index (χ4n) is 2.81. The summed E-state index contributed by atoms with van der Waals surface area (Å²) in [7, 11) is 0. The van der Waals surface area contributed by atoms with Crippen LogP contribution in [-0.4, -0.2) is 23.5 Å². The second-order valence-corrected chi connectivity index (χ2v) is 6.22. The molecule has 0 spiro atoms. The summed E-state index contributed by atoms with van der Waals surface area (Å²) in [6, 6.07) is 7.04. The Morgan fingerprint density at radius 2 is 1.88 bits per heavy atom. The van der Waals surface area contributed by atoms with Gasteiger partial charge in [0.15, 0.2) is 5.96 Å². The van der Waals surface area contributed by atoms with Gasteiger partial charge in [0.2, 0.25) is 0 Å². The Balaban J connectivity index is 0.00000288. The molecule has 2 N–H and O–H groups in total. The molecule has 0 aliphatic heterocycles. The van der Waals surface area contributed by atoms with Gasteiger partial charge in [-0.2, -0.15) is 0 Å². The molecule has 2 rings (SSSR count). The number of nitro benzene ring substituents is 1. The molecular weight excluding hydrogens is 419 g/mol. The second-order valence-electron chi connectivity index (χ2n) is 6.22. The van der Waals surface area contributed by atoms with Gasteiger partial charge in [0, 0.05) is 24.7 Å². The summed E-state index contributed by atoms with van der Waals surface area (Å²) < 4.78 is 0. The molecule has 0 saturated heterocycles. The van der Waals surface area contributed by atoms with E-state index < -0.39 is 0 Å². The van der Waals surface area contributed by atoms with Crippen molar-refractivity contribution in [3.63, 3.8) is 0 Å². The number of benzene rings is 1. The molecule has 0 bridgehead atoms. The van der Waals surface area contributed by atoms with Gasteiger partial charge in [0.05, 0.1) is 11.5 Å². The van der Waals surface area contributed by atoms with Gasteiger partial charge >= 0.3 is 0 Å². The van der Waals surface area contributed by atoms with E-state index in [1.165, 1.54) is 37.8 Å². The molecule has 7 heteroatoms. The third-order valence-electron chi connectivity index (χ3n) is 4.27. The zero-order valence-electron chi connectivity index (χ0n) is 14.3. The Bertz CT molecular complexity index is 540. The zero-order chi connectivity index (χ0) is 16.7. The fraction of sp³-hybridized carbons (Fsp3) is 0.588. The van der Waals surface area contributed by atoms with E-state index in [1.54, 1.807) is 12.1 Å². The Labute approximate surface area is 160 Å². The van der Waals surface area contributed by atoms with Crippen LogP contribution in [0.5, 0.6) is 0 Å². The van der Waals surface area contributed by atoms with Gasteiger partial charge < -0.3 is 10.6 Å². The minimum atomic E-state index is -0.386. The van der Waals surface area contributed by atoms with Crippen molar-refractivity contribution in [2.75, 3.05) is 6.54 Å². The number of nitrogens with zero attached hydrogens (tertiary/aromatic N) is 2. The van der Waals surface area contributed by atoms with E-state index >= 15 is 0 Å². The van der Waals surface area contributed by atoms with Gasteiger partial charge in [0.25, 0.3) is 5.69 Å². The minimum Gasteiger partial charge on any atom is -0.357 e. The summed E-state index contributed by atoms with van der Waals surface area (Å²) in [5.74, 6) is 1.65. The SMILES string of the molecule is CCNC(=NCc1ccc([N+](=O)[O-])cc1)NC1CCC(C)CC1.I. The number of non-ortho nitro benzene ring substituents is 1. The molecule has 0 radical (unpaired) electrons. The summed E-state index contributed by atoms with van der Waals surface area (Å²) in [5, 5.41) is 17.4. The lowest BCUT2D eigenvalue weighted by molar-refractivity contribution is -0.384. The zero-order valence-corrected chi connectivity index (χ0v) is 16.7. The van der Waals surface area contributed by atoms with Crippen LogP contribution in [-0.2, 0) is 6.54 Å². The number of hydrogen-bond donors (Lipinski definition) is 2. The lowest BCUT2D eigenvalue weighted by atomic mass is 9.87. The van der Waals surface area contributed by atoms with Crippen LogP contribution in [0.2, 0.25) is 0 Å². The molecule has 0 amide bonds. The van der Waals surface area contributed by atoms with Crippen molar-refractivity contribution in [1.82, 2.24) is 10.6 Å². The largest absolute Gasteiger partial charge is 0.357 e. The molecule has 1 aromatic carbocycles. The van der Waals surface area contributed by atoms with E-state index in [0.29, 0.717) is 12.6 Å². The summed E-state index contributed by atoms with van der Waals surface area (Å²) in [5.41, 5.74) is 1.07. The van der Waals surface area contributed by atoms with Gasteiger partial charge in [-0.05, 0) is 44.1 Å². The highest BCUT2D eigenvalue weighted by Crippen LogP contribution is 2.23. The van der Waals surface area contributed by atoms with Crippen molar-refractivity contribution in [1.29, 1.82) is 0 Å². The Kier molecular flexibility index (Phi) is 9.02. The van der Waals surface area contributed by atoms with Crippen molar-refractivity contribution >= 4 is 35.6 Å². The summed E-state index contributed by atoms with van der Waals surface area (Å²) in [4.78, 5) is 14.9. The molecule has 1 aromatic rings. The van der Waals surface area contributed by atoms with Crippen LogP contribution < -0.4 is 10.6 Å². The third kappa shape index (κ3) is 6.62. The smallest absolute Gasteiger partial charge is 0.269 e. The van der Waals surface area contributed by atoms with Gasteiger partial charge in [0.1, 0.15) is 0 Å². The van der Waals surface area contributed by atoms with Crippen LogP contribution in [0.3, 0.4) is 0 Å². The number of nitro groups is 1. The first-order valence-corrected chi connectivity index (χ1v) is 8.36. The molecule has 0 aromatic heterocycles. The molecular formula is C17H27IN4O2. The highest BCUT2D eigenvalue weighted by molar-refractivity contribution is 14.0. The van der Waals surface area contributed by atoms with E-state index in [4.69, 9.17) is 0 Å². The van der Waals surface area contributed by atoms with Crippen molar-refractivity contribution < 1.29 is 4.92 Å². The first kappa shape index (κ1) is 20.7. The van der Waals surface area contributed by atoms with Crippen LogP contribution in [0.15, 0.2) is 29.3 Å². The van der Waals surface area contributed by atoms with Crippen LogP contribution in [0.1, 0.15) is 45.1 Å². The van der Waals surface area contributed by atoms with Crippen molar-refractivity contribution in [2.24, 2.45) is 10.9 Å². The van der Waals surface area contributed by atoms with E-state index in [2.05, 4.69) is 22.5 Å². The van der Waals surface area contributed by atoms with Gasteiger partial charge in [-0.25, -0.2) is 4.99 Å². The summed E-state index contributed by atoms with van der Waals surface area (Å²) in [6.07, 6.45) is 4.89. The van der Waals surface area contributed by atoms with Crippen molar-refractivity contribution in [3.05, 3.63) is 39.9 Å². The molecule has 0 atom stereocenters. The van der Waals surface area contributed by atoms with Gasteiger partial charge in [-0.3, -0.25) is 10.1 Å². The average Bonchev–Trinajstić information content (AvgIpc) is 2.55. The van der Waals surface area contributed by atoms with Crippen LogP contribution >= 0.6 is 24.0 Å². The Morgan fingerprint density at radius 3 is 2.42 bits per heavy atom. The standard InChI is InChI=1S/C17H26N4O2.HI/c1-3-18-17(20-15-8-4-13(2)5-9-15)19-12-14-6-10-16(11-7-14)21(22)23;/h6-7,10-11,13,15H,3-5,8-9,12H2,1-2H3,(H2,18,19,20);1H. The fourth-order valence-corrected chi connectivity index (χ4v) is 2.81. The van der Waals surface area contributed by atoms with E-state index in [9.17, 15) is 10.1 Å². The number of aliphatic imine (C=N–C) groups is 1. The van der Waals surface area contributed by atoms with E-state index in [-0.39, 0.29) is 34.6 Å². The topological polar surface area (TPSA) is 79.6 Å². The predicted octanol–water partition coefficient (Wildman–Crippen LogP) is 3.85. The Morgan fingerprint density at radius 1 is 1.25 bits per heavy atom. The predicted molar refractivity (Wildman–Crippen MR) is 108 cm³/mol. The van der Waals surface area contributed by atoms with Crippen LogP contribution in [0.4, 0.5) is 5.69 Å². The lowest BCUT2D eigenvalue weighted by Crippen LogP contribution is -2.44. The maximum absolute atomic E-state index is 10.7. The quantitative estimate of drug-likeness (QED) is 0.237. The summed E-state index contributed by atoms with van der Waals surface area (Å²) >= 11 is 0. The number of guanidine groups is 1. The third-order valence-corrected chi connectivity index (χ3v) is 4.27. The maximum Gasteiger partial charge on any atom is 0.269 e. The van der Waals surface area contributed by atoms with Crippen molar-refractivity contribution in [2.45, 2.75) is 52.1 Å². The molecule has 0 unspecified atom stereocenters.